The molecule has 2 rings (SSSR count). The van der Waals surface area contributed by atoms with Crippen LogP contribution in [0.2, 0.25) is 0 Å². The van der Waals surface area contributed by atoms with Gasteiger partial charge in [-0.2, -0.15) is 0 Å². The molecule has 0 radical (unpaired) electrons. The molecular formula is C51H84O9. The van der Waals surface area contributed by atoms with Gasteiger partial charge < -0.3 is 29.9 Å². The summed E-state index contributed by atoms with van der Waals surface area (Å²) >= 11 is 0. The number of benzene rings is 2. The van der Waals surface area contributed by atoms with E-state index >= 15 is 0 Å². The first-order chi connectivity index (χ1) is 29.2. The molecule has 2 aromatic rings. The number of carbonyl (C=O) groups is 3. The quantitative estimate of drug-likeness (QED) is 0.0296. The SMILES string of the molecule is CCCCCCCCCCCCCCCCCCOC(=O)c1ccc(C(=O)OCCCCCCCCCCCCCCCCCC)cc1.O=C(O)c1cc(O)c(O)c(O)c1. The highest BCUT2D eigenvalue weighted by atomic mass is 16.5. The Labute approximate surface area is 364 Å². The Morgan fingerprint density at radius 2 is 0.617 bits per heavy atom. The normalized spacial score (nSPS) is 10.9. The van der Waals surface area contributed by atoms with E-state index < -0.39 is 23.2 Å². The number of aromatic carboxylic acids is 1. The second kappa shape index (κ2) is 38.2. The van der Waals surface area contributed by atoms with Gasteiger partial charge in [0.1, 0.15) is 0 Å². The summed E-state index contributed by atoms with van der Waals surface area (Å²) in [6, 6.07) is 8.36. The Morgan fingerprint density at radius 3 is 0.850 bits per heavy atom. The van der Waals surface area contributed by atoms with Gasteiger partial charge in [-0.25, -0.2) is 14.4 Å². The second-order valence-electron chi connectivity index (χ2n) is 16.6. The molecule has 0 heterocycles. The number of phenols is 3. The molecule has 0 atom stereocenters. The number of rotatable bonds is 37. The fourth-order valence-corrected chi connectivity index (χ4v) is 7.27. The lowest BCUT2D eigenvalue weighted by Gasteiger charge is -2.07. The van der Waals surface area contributed by atoms with Crippen molar-refractivity contribution in [2.75, 3.05) is 13.2 Å². The molecule has 0 aliphatic carbocycles. The van der Waals surface area contributed by atoms with Gasteiger partial charge in [0.2, 0.25) is 0 Å². The van der Waals surface area contributed by atoms with Crippen molar-refractivity contribution in [1.29, 1.82) is 0 Å². The van der Waals surface area contributed by atoms with E-state index in [9.17, 15) is 14.4 Å². The van der Waals surface area contributed by atoms with Crippen molar-refractivity contribution in [2.24, 2.45) is 0 Å². The summed E-state index contributed by atoms with van der Waals surface area (Å²) in [5, 5.41) is 35.0. The van der Waals surface area contributed by atoms with Gasteiger partial charge in [0.15, 0.2) is 17.2 Å². The van der Waals surface area contributed by atoms with Gasteiger partial charge in [-0.15, -0.1) is 0 Å². The molecule has 0 saturated carbocycles. The lowest BCUT2D eigenvalue weighted by atomic mass is 10.0. The highest BCUT2D eigenvalue weighted by Gasteiger charge is 2.13. The number of esters is 2. The minimum absolute atomic E-state index is 0.289. The van der Waals surface area contributed by atoms with E-state index in [1.165, 1.54) is 180 Å². The summed E-state index contributed by atoms with van der Waals surface area (Å²) in [5.41, 5.74) is 0.685. The highest BCUT2D eigenvalue weighted by molar-refractivity contribution is 5.93. The molecule has 9 nitrogen and oxygen atoms in total. The van der Waals surface area contributed by atoms with Crippen molar-refractivity contribution >= 4 is 17.9 Å². The minimum atomic E-state index is -1.29. The molecule has 2 aromatic carbocycles. The molecule has 0 spiro atoms. The van der Waals surface area contributed by atoms with Crippen LogP contribution in [0.5, 0.6) is 17.2 Å². The number of carbonyl (C=O) groups excluding carboxylic acids is 2. The van der Waals surface area contributed by atoms with Crippen molar-refractivity contribution in [3.63, 3.8) is 0 Å². The summed E-state index contributed by atoms with van der Waals surface area (Å²) < 4.78 is 10.9. The van der Waals surface area contributed by atoms with Crippen LogP contribution in [0, 0.1) is 0 Å². The van der Waals surface area contributed by atoms with Crippen molar-refractivity contribution in [2.45, 2.75) is 219 Å². The minimum Gasteiger partial charge on any atom is -0.504 e. The van der Waals surface area contributed by atoms with Crippen molar-refractivity contribution in [1.82, 2.24) is 0 Å². The molecule has 0 aliphatic heterocycles. The molecule has 9 heteroatoms. The Balaban J connectivity index is 0.00000127. The molecule has 342 valence electrons. The highest BCUT2D eigenvalue weighted by Crippen LogP contribution is 2.35. The van der Waals surface area contributed by atoms with Crippen LogP contribution in [0.25, 0.3) is 0 Å². The molecule has 60 heavy (non-hydrogen) atoms. The largest absolute Gasteiger partial charge is 0.504 e. The number of hydrogen-bond donors (Lipinski definition) is 4. The first-order valence-electron chi connectivity index (χ1n) is 24.1. The van der Waals surface area contributed by atoms with Gasteiger partial charge in [0.25, 0.3) is 0 Å². The summed E-state index contributed by atoms with van der Waals surface area (Å²) in [7, 11) is 0. The van der Waals surface area contributed by atoms with Gasteiger partial charge in [-0.1, -0.05) is 206 Å². The van der Waals surface area contributed by atoms with E-state index in [0.717, 1.165) is 37.8 Å². The molecule has 0 aliphatic rings. The standard InChI is InChI=1S/C44H78O4.C7H6O5/c1-3-5-7-9-11-13-15-17-19-21-23-25-27-29-31-33-39-47-43(45)41-35-37-42(38-36-41)44(46)48-40-34-32-30-28-26-24-22-20-18-16-14-12-10-8-6-4-2;8-4-1-3(7(11)12)2-5(9)6(4)10/h35-38H,3-34,39-40H2,1-2H3;1-2,8-10H,(H,11,12). The molecule has 0 bridgehead atoms. The Bertz CT molecular complexity index is 1260. The monoisotopic (exact) mass is 841 g/mol. The number of phenolic OH excluding ortho intramolecular Hbond substituents is 3. The predicted molar refractivity (Wildman–Crippen MR) is 244 cm³/mol. The van der Waals surface area contributed by atoms with Gasteiger partial charge in [-0.3, -0.25) is 0 Å². The van der Waals surface area contributed by atoms with E-state index in [4.69, 9.17) is 29.9 Å². The maximum absolute atomic E-state index is 12.4. The van der Waals surface area contributed by atoms with Crippen LogP contribution >= 0.6 is 0 Å². The fourth-order valence-electron chi connectivity index (χ4n) is 7.27. The third-order valence-corrected chi connectivity index (χ3v) is 11.1. The van der Waals surface area contributed by atoms with Crippen LogP contribution in [0.15, 0.2) is 36.4 Å². The number of ether oxygens (including phenoxy) is 2. The number of aromatic hydroxyl groups is 3. The Morgan fingerprint density at radius 1 is 0.383 bits per heavy atom. The molecule has 0 aromatic heterocycles. The maximum Gasteiger partial charge on any atom is 0.338 e. The lowest BCUT2D eigenvalue weighted by molar-refractivity contribution is 0.0483. The average molecular weight is 841 g/mol. The van der Waals surface area contributed by atoms with E-state index in [-0.39, 0.29) is 17.5 Å². The number of carboxylic acid groups (broad SMARTS) is 1. The van der Waals surface area contributed by atoms with Crippen LogP contribution in [0.4, 0.5) is 0 Å². The Hall–Kier alpha value is -3.75. The second-order valence-corrected chi connectivity index (χ2v) is 16.6. The van der Waals surface area contributed by atoms with Crippen molar-refractivity contribution < 1.29 is 44.3 Å². The van der Waals surface area contributed by atoms with Gasteiger partial charge >= 0.3 is 17.9 Å². The van der Waals surface area contributed by atoms with E-state index in [2.05, 4.69) is 13.8 Å². The van der Waals surface area contributed by atoms with E-state index in [1.807, 2.05) is 0 Å². The van der Waals surface area contributed by atoms with E-state index in [0.29, 0.717) is 24.3 Å². The van der Waals surface area contributed by atoms with E-state index in [1.54, 1.807) is 24.3 Å². The number of unbranched alkanes of at least 4 members (excludes halogenated alkanes) is 30. The fraction of sp³-hybridized carbons (Fsp3) is 0.706. The van der Waals surface area contributed by atoms with Crippen LogP contribution in [0.1, 0.15) is 250 Å². The molecular weight excluding hydrogens is 757 g/mol. The molecule has 0 fully saturated rings. The first kappa shape index (κ1) is 54.3. The summed E-state index contributed by atoms with van der Waals surface area (Å²) in [6.45, 7) is 5.48. The third-order valence-electron chi connectivity index (χ3n) is 11.1. The summed E-state index contributed by atoms with van der Waals surface area (Å²) in [6.07, 6.45) is 42.5. The lowest BCUT2D eigenvalue weighted by Crippen LogP contribution is -2.09. The molecule has 0 saturated heterocycles. The molecule has 0 amide bonds. The maximum atomic E-state index is 12.4. The number of carboxylic acids is 1. The van der Waals surface area contributed by atoms with Crippen molar-refractivity contribution in [3.05, 3.63) is 53.1 Å². The van der Waals surface area contributed by atoms with Gasteiger partial charge in [-0.05, 0) is 49.2 Å². The molecule has 4 N–H and O–H groups in total. The van der Waals surface area contributed by atoms with Gasteiger partial charge in [0.05, 0.1) is 29.9 Å². The molecule has 0 unspecified atom stereocenters. The van der Waals surface area contributed by atoms with Crippen LogP contribution < -0.4 is 0 Å². The predicted octanol–water partition coefficient (Wildman–Crippen LogP) is 15.0. The van der Waals surface area contributed by atoms with Gasteiger partial charge in [0, 0.05) is 0 Å². The average Bonchev–Trinajstić information content (AvgIpc) is 3.24. The number of hydrogen-bond acceptors (Lipinski definition) is 8. The van der Waals surface area contributed by atoms with Crippen LogP contribution in [0.3, 0.4) is 0 Å². The van der Waals surface area contributed by atoms with Crippen LogP contribution in [-0.4, -0.2) is 51.5 Å². The smallest absolute Gasteiger partial charge is 0.338 e. The summed E-state index contributed by atoms with van der Waals surface area (Å²) in [4.78, 5) is 35.1. The summed E-state index contributed by atoms with van der Waals surface area (Å²) in [5.74, 6) is -3.96. The Kier molecular flexibility index (Phi) is 34.5. The zero-order valence-electron chi connectivity index (χ0n) is 37.8. The van der Waals surface area contributed by atoms with Crippen molar-refractivity contribution in [3.8, 4) is 17.2 Å². The zero-order valence-corrected chi connectivity index (χ0v) is 37.8. The zero-order chi connectivity index (χ0) is 43.9. The topological polar surface area (TPSA) is 151 Å². The third kappa shape index (κ3) is 29.5. The van der Waals surface area contributed by atoms with Crippen LogP contribution in [-0.2, 0) is 9.47 Å². The first-order valence-corrected chi connectivity index (χ1v) is 24.1.